The molecule has 134 valence electrons. The standard InChI is InChI=1S/C20H21F3O2/c21-20(22,23)25-18-8-6-17(7-9-18)19(16-4-2-1-3-5-16)14-15-10-12-24-13-11-15/h1-9,15,19H,10-14H2. The molecule has 25 heavy (non-hydrogen) atoms. The molecular weight excluding hydrogens is 329 g/mol. The van der Waals surface area contributed by atoms with Crippen LogP contribution in [-0.4, -0.2) is 19.6 Å². The summed E-state index contributed by atoms with van der Waals surface area (Å²) in [5.74, 6) is 0.531. The van der Waals surface area contributed by atoms with Gasteiger partial charge in [-0.1, -0.05) is 42.5 Å². The zero-order chi connectivity index (χ0) is 17.7. The van der Waals surface area contributed by atoms with Crippen molar-refractivity contribution in [3.05, 3.63) is 65.7 Å². The van der Waals surface area contributed by atoms with E-state index in [0.717, 1.165) is 38.0 Å². The van der Waals surface area contributed by atoms with E-state index < -0.39 is 6.36 Å². The molecule has 5 heteroatoms. The fourth-order valence-electron chi connectivity index (χ4n) is 3.37. The summed E-state index contributed by atoms with van der Waals surface area (Å²) >= 11 is 0. The van der Waals surface area contributed by atoms with Crippen LogP contribution >= 0.6 is 0 Å². The smallest absolute Gasteiger partial charge is 0.406 e. The Labute approximate surface area is 145 Å². The van der Waals surface area contributed by atoms with Gasteiger partial charge in [-0.2, -0.15) is 0 Å². The third-order valence-electron chi connectivity index (χ3n) is 4.63. The Morgan fingerprint density at radius 3 is 2.12 bits per heavy atom. The van der Waals surface area contributed by atoms with Crippen LogP contribution in [0.1, 0.15) is 36.3 Å². The highest BCUT2D eigenvalue weighted by Gasteiger charge is 2.31. The lowest BCUT2D eigenvalue weighted by Crippen LogP contribution is -2.19. The van der Waals surface area contributed by atoms with Crippen molar-refractivity contribution in [3.8, 4) is 5.75 Å². The van der Waals surface area contributed by atoms with Crippen LogP contribution in [0.5, 0.6) is 5.75 Å². The molecule has 2 aromatic rings. The Hall–Kier alpha value is -2.01. The van der Waals surface area contributed by atoms with Crippen molar-refractivity contribution in [2.45, 2.75) is 31.5 Å². The lowest BCUT2D eigenvalue weighted by atomic mass is 9.81. The third kappa shape index (κ3) is 5.23. The zero-order valence-electron chi connectivity index (χ0n) is 13.8. The minimum atomic E-state index is -4.66. The van der Waals surface area contributed by atoms with Gasteiger partial charge in [0.15, 0.2) is 0 Å². The number of benzene rings is 2. The van der Waals surface area contributed by atoms with Crippen molar-refractivity contribution in [1.29, 1.82) is 0 Å². The largest absolute Gasteiger partial charge is 0.573 e. The molecule has 0 amide bonds. The van der Waals surface area contributed by atoms with Crippen molar-refractivity contribution in [2.75, 3.05) is 13.2 Å². The number of rotatable bonds is 5. The minimum absolute atomic E-state index is 0.157. The maximum Gasteiger partial charge on any atom is 0.573 e. The number of ether oxygens (including phenoxy) is 2. The number of halogens is 3. The van der Waals surface area contributed by atoms with Gasteiger partial charge in [-0.15, -0.1) is 13.2 Å². The first-order valence-electron chi connectivity index (χ1n) is 8.49. The van der Waals surface area contributed by atoms with Gasteiger partial charge < -0.3 is 9.47 Å². The molecule has 1 fully saturated rings. The molecule has 3 rings (SSSR count). The highest BCUT2D eigenvalue weighted by atomic mass is 19.4. The molecule has 2 nitrogen and oxygen atoms in total. The second kappa shape index (κ2) is 7.91. The van der Waals surface area contributed by atoms with Gasteiger partial charge in [-0.05, 0) is 48.4 Å². The molecule has 0 N–H and O–H groups in total. The summed E-state index contributed by atoms with van der Waals surface area (Å²) in [5, 5.41) is 0. The van der Waals surface area contributed by atoms with Crippen LogP contribution in [0.15, 0.2) is 54.6 Å². The first-order valence-corrected chi connectivity index (χ1v) is 8.49. The Morgan fingerprint density at radius 1 is 0.920 bits per heavy atom. The van der Waals surface area contributed by atoms with Gasteiger partial charge in [0.1, 0.15) is 5.75 Å². The van der Waals surface area contributed by atoms with Gasteiger partial charge in [0.2, 0.25) is 0 Å². The monoisotopic (exact) mass is 350 g/mol. The van der Waals surface area contributed by atoms with E-state index in [2.05, 4.69) is 16.9 Å². The van der Waals surface area contributed by atoms with E-state index in [1.807, 2.05) is 18.2 Å². The van der Waals surface area contributed by atoms with Crippen molar-refractivity contribution in [2.24, 2.45) is 5.92 Å². The van der Waals surface area contributed by atoms with Crippen LogP contribution < -0.4 is 4.74 Å². The first-order chi connectivity index (χ1) is 12.0. The van der Waals surface area contributed by atoms with Crippen molar-refractivity contribution in [3.63, 3.8) is 0 Å². The normalized spacial score (nSPS) is 17.2. The van der Waals surface area contributed by atoms with Gasteiger partial charge in [0, 0.05) is 19.1 Å². The van der Waals surface area contributed by atoms with E-state index in [1.165, 1.54) is 17.7 Å². The summed E-state index contributed by atoms with van der Waals surface area (Å²) in [4.78, 5) is 0. The predicted octanol–water partition coefficient (Wildman–Crippen LogP) is 5.53. The zero-order valence-corrected chi connectivity index (χ0v) is 13.8. The van der Waals surface area contributed by atoms with E-state index in [0.29, 0.717) is 5.92 Å². The van der Waals surface area contributed by atoms with Crippen LogP contribution in [0.3, 0.4) is 0 Å². The molecule has 0 aliphatic carbocycles. The van der Waals surface area contributed by atoms with Crippen LogP contribution in [0.4, 0.5) is 13.2 Å². The average molecular weight is 350 g/mol. The Morgan fingerprint density at radius 2 is 1.52 bits per heavy atom. The summed E-state index contributed by atoms with van der Waals surface area (Å²) in [7, 11) is 0. The molecule has 1 heterocycles. The maximum atomic E-state index is 12.3. The lowest BCUT2D eigenvalue weighted by molar-refractivity contribution is -0.274. The molecular formula is C20H21F3O2. The summed E-state index contributed by atoms with van der Waals surface area (Å²) in [6.07, 6.45) is -1.65. The van der Waals surface area contributed by atoms with E-state index in [1.54, 1.807) is 12.1 Å². The molecule has 1 saturated heterocycles. The Bertz CT molecular complexity index is 647. The molecule has 0 bridgehead atoms. The van der Waals surface area contributed by atoms with Crippen LogP contribution in [-0.2, 0) is 4.74 Å². The van der Waals surface area contributed by atoms with Crippen LogP contribution in [0.25, 0.3) is 0 Å². The molecule has 1 aliphatic heterocycles. The Kier molecular flexibility index (Phi) is 5.63. The van der Waals surface area contributed by atoms with Crippen molar-refractivity contribution in [1.82, 2.24) is 0 Å². The highest BCUT2D eigenvalue weighted by Crippen LogP contribution is 2.35. The Balaban J connectivity index is 1.81. The second-order valence-corrected chi connectivity index (χ2v) is 6.37. The van der Waals surface area contributed by atoms with Gasteiger partial charge in [-0.3, -0.25) is 0 Å². The van der Waals surface area contributed by atoms with Crippen molar-refractivity contribution < 1.29 is 22.6 Å². The third-order valence-corrected chi connectivity index (χ3v) is 4.63. The second-order valence-electron chi connectivity index (χ2n) is 6.37. The van der Waals surface area contributed by atoms with Gasteiger partial charge in [0.05, 0.1) is 0 Å². The van der Waals surface area contributed by atoms with E-state index in [4.69, 9.17) is 4.74 Å². The van der Waals surface area contributed by atoms with Gasteiger partial charge in [-0.25, -0.2) is 0 Å². The van der Waals surface area contributed by atoms with Crippen LogP contribution in [0, 0.1) is 5.92 Å². The predicted molar refractivity (Wildman–Crippen MR) is 89.6 cm³/mol. The number of hydrogen-bond acceptors (Lipinski definition) is 2. The van der Waals surface area contributed by atoms with Crippen molar-refractivity contribution >= 4 is 0 Å². The van der Waals surface area contributed by atoms with E-state index in [9.17, 15) is 13.2 Å². The summed E-state index contributed by atoms with van der Waals surface area (Å²) in [6, 6.07) is 16.4. The van der Waals surface area contributed by atoms with Gasteiger partial charge in [0.25, 0.3) is 0 Å². The summed E-state index contributed by atoms with van der Waals surface area (Å²) in [6.45, 7) is 1.56. The van der Waals surface area contributed by atoms with Gasteiger partial charge >= 0.3 is 6.36 Å². The molecule has 1 aliphatic rings. The average Bonchev–Trinajstić information content (AvgIpc) is 2.61. The number of alkyl halides is 3. The quantitative estimate of drug-likeness (QED) is 0.705. The topological polar surface area (TPSA) is 18.5 Å². The molecule has 0 aromatic heterocycles. The van der Waals surface area contributed by atoms with E-state index in [-0.39, 0.29) is 11.7 Å². The fourth-order valence-corrected chi connectivity index (χ4v) is 3.37. The summed E-state index contributed by atoms with van der Waals surface area (Å²) in [5.41, 5.74) is 2.19. The minimum Gasteiger partial charge on any atom is -0.406 e. The first kappa shape index (κ1) is 17.8. The lowest BCUT2D eigenvalue weighted by Gasteiger charge is -2.27. The highest BCUT2D eigenvalue weighted by molar-refractivity contribution is 5.36. The van der Waals surface area contributed by atoms with Crippen LogP contribution in [0.2, 0.25) is 0 Å². The van der Waals surface area contributed by atoms with E-state index >= 15 is 0 Å². The number of hydrogen-bond donors (Lipinski definition) is 0. The SMILES string of the molecule is FC(F)(F)Oc1ccc(C(CC2CCOCC2)c2ccccc2)cc1. The summed E-state index contributed by atoms with van der Waals surface area (Å²) < 4.78 is 46.4. The molecule has 1 atom stereocenters. The fraction of sp³-hybridized carbons (Fsp3) is 0.400. The molecule has 0 spiro atoms. The molecule has 0 saturated carbocycles. The molecule has 1 unspecified atom stereocenters. The maximum absolute atomic E-state index is 12.3. The molecule has 0 radical (unpaired) electrons. The molecule has 2 aromatic carbocycles.